The Morgan fingerprint density at radius 2 is 1.81 bits per heavy atom. The van der Waals surface area contributed by atoms with Crippen molar-refractivity contribution < 1.29 is 15.3 Å². The first kappa shape index (κ1) is 24.5. The third kappa shape index (κ3) is 5.26. The lowest BCUT2D eigenvalue weighted by molar-refractivity contribution is -0.394. The molecule has 3 saturated carbocycles. The van der Waals surface area contributed by atoms with Gasteiger partial charge in [0.2, 0.25) is 5.79 Å². The van der Waals surface area contributed by atoms with Gasteiger partial charge in [-0.05, 0) is 79.1 Å². The van der Waals surface area contributed by atoms with E-state index in [1.165, 1.54) is 32.1 Å². The van der Waals surface area contributed by atoms with Crippen molar-refractivity contribution in [2.45, 2.75) is 91.8 Å². The molecule has 0 aliphatic heterocycles. The van der Waals surface area contributed by atoms with Crippen LogP contribution in [0, 0.1) is 35.0 Å². The van der Waals surface area contributed by atoms with Gasteiger partial charge in [0.05, 0.1) is 0 Å². The molecule has 0 heterocycles. The summed E-state index contributed by atoms with van der Waals surface area (Å²) < 4.78 is 0. The fourth-order valence-electron chi connectivity index (χ4n) is 6.33. The van der Waals surface area contributed by atoms with E-state index in [1.807, 2.05) is 0 Å². The van der Waals surface area contributed by atoms with E-state index in [4.69, 9.17) is 5.26 Å². The van der Waals surface area contributed by atoms with Crippen molar-refractivity contribution in [3.63, 3.8) is 0 Å². The van der Waals surface area contributed by atoms with E-state index in [0.29, 0.717) is 48.3 Å². The molecule has 0 amide bonds. The van der Waals surface area contributed by atoms with E-state index >= 15 is 0 Å². The monoisotopic (exact) mass is 428 g/mol. The third-order valence-corrected chi connectivity index (χ3v) is 8.85. The maximum Gasteiger partial charge on any atom is 0.203 e. The lowest BCUT2D eigenvalue weighted by atomic mass is 9.61. The summed E-state index contributed by atoms with van der Waals surface area (Å²) >= 11 is 0. The predicted octanol–water partition coefficient (Wildman–Crippen LogP) is 7.46. The molecule has 3 fully saturated rings. The highest BCUT2D eigenvalue weighted by Crippen LogP contribution is 2.59. The highest BCUT2D eigenvalue weighted by atomic mass is 17.1. The second-order valence-corrected chi connectivity index (χ2v) is 11.2. The molecule has 0 aromatic heterocycles. The molecule has 3 aliphatic carbocycles. The van der Waals surface area contributed by atoms with E-state index in [1.54, 1.807) is 5.57 Å². The Labute approximate surface area is 189 Å². The summed E-state index contributed by atoms with van der Waals surface area (Å²) in [6, 6.07) is 0. The quantitative estimate of drug-likeness (QED) is 0.200. The van der Waals surface area contributed by atoms with Gasteiger partial charge in [0.1, 0.15) is 0 Å². The van der Waals surface area contributed by atoms with E-state index in [0.717, 1.165) is 17.1 Å². The molecule has 0 aromatic carbocycles. The number of fused-ring (bicyclic) bond motifs is 1. The molecular weight excluding hydrogens is 384 g/mol. The molecule has 3 nitrogen and oxygen atoms in total. The van der Waals surface area contributed by atoms with Crippen LogP contribution in [0.15, 0.2) is 47.6 Å². The summed E-state index contributed by atoms with van der Waals surface area (Å²) in [4.78, 5) is 4.38. The van der Waals surface area contributed by atoms with Crippen LogP contribution in [0.3, 0.4) is 0 Å². The summed E-state index contributed by atoms with van der Waals surface area (Å²) in [6.07, 6.45) is 17.0. The van der Waals surface area contributed by atoms with Gasteiger partial charge in [-0.15, -0.1) is 0 Å². The third-order valence-electron chi connectivity index (χ3n) is 8.85. The Morgan fingerprint density at radius 1 is 1.06 bits per heavy atom. The Kier molecular flexibility index (Phi) is 7.71. The van der Waals surface area contributed by atoms with Crippen molar-refractivity contribution in [3.05, 3.63) is 47.6 Å². The van der Waals surface area contributed by atoms with E-state index in [2.05, 4.69) is 70.4 Å². The van der Waals surface area contributed by atoms with Gasteiger partial charge in [-0.2, -0.15) is 0 Å². The molecule has 3 rings (SSSR count). The molecule has 31 heavy (non-hydrogen) atoms. The number of hydrogen-bond donors (Lipinski definition) is 2. The van der Waals surface area contributed by atoms with Crippen LogP contribution < -0.4 is 0 Å². The lowest BCUT2D eigenvalue weighted by Crippen LogP contribution is -2.35. The zero-order valence-electron chi connectivity index (χ0n) is 20.4. The molecule has 0 aromatic rings. The minimum atomic E-state index is -1.47. The summed E-state index contributed by atoms with van der Waals surface area (Å²) in [6.45, 7) is 16.0. The fourth-order valence-corrected chi connectivity index (χ4v) is 6.33. The fraction of sp³-hybridized carbons (Fsp3) is 0.714. The SMILES string of the molecule is C=C1CC[C@](O)(OO)CC1=CC=C1CCC[C@]2(C)[C@@H]([C@H](C)/C=C/[C@H](C)C(C)C)CC[C@@H]12. The van der Waals surface area contributed by atoms with Crippen LogP contribution in [0.4, 0.5) is 0 Å². The first-order valence-corrected chi connectivity index (χ1v) is 12.4. The molecular formula is C28H44O3. The van der Waals surface area contributed by atoms with Gasteiger partial charge in [0.15, 0.2) is 0 Å². The first-order chi connectivity index (χ1) is 14.6. The molecule has 6 atom stereocenters. The zero-order valence-corrected chi connectivity index (χ0v) is 20.4. The lowest BCUT2D eigenvalue weighted by Gasteiger charge is -2.44. The van der Waals surface area contributed by atoms with Crippen molar-refractivity contribution in [2.24, 2.45) is 35.0 Å². The number of hydrogen-bond acceptors (Lipinski definition) is 3. The van der Waals surface area contributed by atoms with E-state index < -0.39 is 5.79 Å². The van der Waals surface area contributed by atoms with Crippen LogP contribution in [-0.4, -0.2) is 16.2 Å². The van der Waals surface area contributed by atoms with Gasteiger partial charge < -0.3 is 5.11 Å². The summed E-state index contributed by atoms with van der Waals surface area (Å²) in [5.74, 6) is 1.85. The van der Waals surface area contributed by atoms with Gasteiger partial charge in [-0.25, -0.2) is 10.1 Å². The second kappa shape index (κ2) is 9.77. The van der Waals surface area contributed by atoms with Crippen LogP contribution in [0.25, 0.3) is 0 Å². The van der Waals surface area contributed by atoms with Gasteiger partial charge in [-0.1, -0.05) is 76.6 Å². The summed E-state index contributed by atoms with van der Waals surface area (Å²) in [5.41, 5.74) is 3.96. The minimum absolute atomic E-state index is 0.298. The van der Waals surface area contributed by atoms with Crippen LogP contribution in [-0.2, 0) is 4.89 Å². The van der Waals surface area contributed by atoms with Crippen LogP contribution in [0.5, 0.6) is 0 Å². The predicted molar refractivity (Wildman–Crippen MR) is 128 cm³/mol. The molecule has 2 N–H and O–H groups in total. The standard InChI is InChI=1S/C28H44O3/c1-19(2)20(3)9-10-22(5)25-13-14-26-23(8-7-16-27(25,26)6)11-12-24-18-28(29,31-30)17-15-21(24)4/h9-12,19-20,22,25-26,29-30H,4,7-8,13-18H2,1-3,5-6H3/b10-9+,23-11?,24-12?/t20-,22+,25+,26-,27+,28-/m0/s1. The Morgan fingerprint density at radius 3 is 2.48 bits per heavy atom. The molecule has 0 saturated heterocycles. The van der Waals surface area contributed by atoms with Crippen LogP contribution in [0.1, 0.15) is 86.0 Å². The van der Waals surface area contributed by atoms with Crippen molar-refractivity contribution in [2.75, 3.05) is 0 Å². The van der Waals surface area contributed by atoms with Gasteiger partial charge in [0, 0.05) is 12.8 Å². The molecule has 3 aliphatic rings. The largest absolute Gasteiger partial charge is 0.363 e. The first-order valence-electron chi connectivity index (χ1n) is 12.4. The van der Waals surface area contributed by atoms with Crippen molar-refractivity contribution in [1.29, 1.82) is 0 Å². The Balaban J connectivity index is 1.77. The maximum absolute atomic E-state index is 10.3. The average Bonchev–Trinajstić information content (AvgIpc) is 3.10. The molecule has 0 radical (unpaired) electrons. The molecule has 0 bridgehead atoms. The summed E-state index contributed by atoms with van der Waals surface area (Å²) in [7, 11) is 0. The molecule has 0 unspecified atom stereocenters. The highest BCUT2D eigenvalue weighted by molar-refractivity contribution is 5.37. The van der Waals surface area contributed by atoms with Gasteiger partial charge >= 0.3 is 0 Å². The van der Waals surface area contributed by atoms with Crippen LogP contribution >= 0.6 is 0 Å². The number of aliphatic hydroxyl groups is 1. The highest BCUT2D eigenvalue weighted by Gasteiger charge is 2.50. The van der Waals surface area contributed by atoms with Gasteiger partial charge in [-0.3, -0.25) is 0 Å². The molecule has 0 spiro atoms. The Bertz CT molecular complexity index is 745. The van der Waals surface area contributed by atoms with Crippen molar-refractivity contribution in [3.8, 4) is 0 Å². The normalized spacial score (nSPS) is 38.9. The topological polar surface area (TPSA) is 49.7 Å². The number of allylic oxidation sites excluding steroid dienone is 6. The average molecular weight is 429 g/mol. The molecule has 3 heteroatoms. The number of rotatable bonds is 6. The van der Waals surface area contributed by atoms with E-state index in [9.17, 15) is 5.11 Å². The Hall–Kier alpha value is -1.16. The second-order valence-electron chi connectivity index (χ2n) is 11.2. The molecule has 174 valence electrons. The zero-order chi connectivity index (χ0) is 22.8. The van der Waals surface area contributed by atoms with Crippen molar-refractivity contribution >= 4 is 0 Å². The van der Waals surface area contributed by atoms with E-state index in [-0.39, 0.29) is 0 Å². The van der Waals surface area contributed by atoms with Gasteiger partial charge in [0.25, 0.3) is 0 Å². The minimum Gasteiger partial charge on any atom is -0.363 e. The summed E-state index contributed by atoms with van der Waals surface area (Å²) in [5, 5.41) is 19.4. The smallest absolute Gasteiger partial charge is 0.203 e. The maximum atomic E-state index is 10.3. The van der Waals surface area contributed by atoms with Crippen LogP contribution in [0.2, 0.25) is 0 Å². The van der Waals surface area contributed by atoms with Crippen molar-refractivity contribution in [1.82, 2.24) is 0 Å².